The van der Waals surface area contributed by atoms with Crippen molar-refractivity contribution < 1.29 is 45.1 Å². The average Bonchev–Trinajstić information content (AvgIpc) is 3.03. The summed E-state index contributed by atoms with van der Waals surface area (Å²) in [6.45, 7) is 1.60. The number of alkyl halides is 7. The Balaban J connectivity index is 2.97. The van der Waals surface area contributed by atoms with E-state index in [9.17, 15) is 40.3 Å². The number of ether oxygens (including phenoxy) is 1. The monoisotopic (exact) mass is 426 g/mol. The second kappa shape index (κ2) is 7.48. The highest BCUT2D eigenvalue weighted by molar-refractivity contribution is 6.05. The number of carbonyl (C=O) groups is 2. The van der Waals surface area contributed by atoms with Crippen molar-refractivity contribution in [2.24, 2.45) is 0 Å². The second-order valence-electron chi connectivity index (χ2n) is 5.74. The van der Waals surface area contributed by atoms with E-state index in [1.807, 2.05) is 0 Å². The number of aromatic nitrogens is 2. The molecule has 1 aromatic heterocycles. The van der Waals surface area contributed by atoms with E-state index in [2.05, 4.69) is 9.84 Å². The smallest absolute Gasteiger partial charge is 0.460 e. The van der Waals surface area contributed by atoms with Crippen molar-refractivity contribution in [1.82, 2.24) is 9.78 Å². The highest BCUT2D eigenvalue weighted by Crippen LogP contribution is 2.53. The lowest BCUT2D eigenvalue weighted by Crippen LogP contribution is -2.51. The summed E-state index contributed by atoms with van der Waals surface area (Å²) in [5, 5.41) is 3.43. The number of halogens is 7. The van der Waals surface area contributed by atoms with Crippen molar-refractivity contribution in [3.8, 4) is 5.69 Å². The SMILES string of the molecule is CCOC(=O)c1c(C(C)=O)nn(-c2ccccc2)c1C(F)(F)C(F)(F)C(F)(F)F. The normalized spacial score (nSPS) is 12.7. The van der Waals surface area contributed by atoms with Crippen LogP contribution >= 0.6 is 0 Å². The number of rotatable bonds is 6. The van der Waals surface area contributed by atoms with E-state index in [-0.39, 0.29) is 10.4 Å². The second-order valence-corrected chi connectivity index (χ2v) is 5.74. The topological polar surface area (TPSA) is 61.2 Å². The van der Waals surface area contributed by atoms with Gasteiger partial charge in [0.05, 0.1) is 12.3 Å². The summed E-state index contributed by atoms with van der Waals surface area (Å²) in [5.74, 6) is -15.4. The first-order valence-corrected chi connectivity index (χ1v) is 7.96. The summed E-state index contributed by atoms with van der Waals surface area (Å²) in [5.41, 5.74) is -4.97. The minimum atomic E-state index is -6.66. The van der Waals surface area contributed by atoms with E-state index >= 15 is 0 Å². The number of hydrogen-bond donors (Lipinski definition) is 0. The fourth-order valence-corrected chi connectivity index (χ4v) is 2.43. The molecule has 0 saturated heterocycles. The molecule has 0 saturated carbocycles. The molecule has 0 N–H and O–H groups in total. The number of Topliss-reactive ketones (excluding diaryl/α,β-unsaturated/α-hetero) is 1. The Bertz CT molecular complexity index is 921. The minimum absolute atomic E-state index is 0.0165. The highest BCUT2D eigenvalue weighted by atomic mass is 19.4. The Hall–Kier alpha value is -2.92. The Kier molecular flexibility index (Phi) is 5.77. The Morgan fingerprint density at radius 2 is 1.59 bits per heavy atom. The van der Waals surface area contributed by atoms with Crippen LogP contribution < -0.4 is 0 Å². The standard InChI is InChI=1S/C17H13F7N2O3/c1-3-29-14(28)11-12(9(2)27)25-26(10-7-5-4-6-8-10)13(11)15(18,19)16(20,21)17(22,23)24/h4-8H,3H2,1-2H3. The van der Waals surface area contributed by atoms with Gasteiger partial charge in [0.25, 0.3) is 0 Å². The van der Waals surface area contributed by atoms with Crippen molar-refractivity contribution in [1.29, 1.82) is 0 Å². The fraction of sp³-hybridized carbons (Fsp3) is 0.353. The predicted molar refractivity (Wildman–Crippen MR) is 84.4 cm³/mol. The van der Waals surface area contributed by atoms with Crippen molar-refractivity contribution >= 4 is 11.8 Å². The van der Waals surface area contributed by atoms with Gasteiger partial charge in [-0.2, -0.15) is 35.8 Å². The molecule has 1 aromatic carbocycles. The first kappa shape index (κ1) is 22.4. The molecule has 0 spiro atoms. The van der Waals surface area contributed by atoms with Crippen molar-refractivity contribution in [2.75, 3.05) is 6.61 Å². The molecule has 158 valence electrons. The molecular weight excluding hydrogens is 413 g/mol. The van der Waals surface area contributed by atoms with Crippen LogP contribution in [0.25, 0.3) is 5.69 Å². The third-order valence-corrected chi connectivity index (χ3v) is 3.75. The summed E-state index contributed by atoms with van der Waals surface area (Å²) >= 11 is 0. The third kappa shape index (κ3) is 3.70. The van der Waals surface area contributed by atoms with E-state index in [1.54, 1.807) is 0 Å². The summed E-state index contributed by atoms with van der Waals surface area (Å²) < 4.78 is 99.7. The molecule has 5 nitrogen and oxygen atoms in total. The van der Waals surface area contributed by atoms with E-state index in [0.29, 0.717) is 0 Å². The molecule has 0 unspecified atom stereocenters. The van der Waals surface area contributed by atoms with Gasteiger partial charge < -0.3 is 4.74 Å². The molecule has 12 heteroatoms. The molecule has 0 radical (unpaired) electrons. The van der Waals surface area contributed by atoms with Gasteiger partial charge in [-0.1, -0.05) is 18.2 Å². The zero-order chi connectivity index (χ0) is 22.2. The largest absolute Gasteiger partial charge is 0.462 e. The average molecular weight is 426 g/mol. The van der Waals surface area contributed by atoms with Gasteiger partial charge in [0.1, 0.15) is 17.0 Å². The van der Waals surface area contributed by atoms with Crippen molar-refractivity contribution in [2.45, 2.75) is 31.9 Å². The van der Waals surface area contributed by atoms with Crippen LogP contribution in [0.5, 0.6) is 0 Å². The van der Waals surface area contributed by atoms with Crippen LogP contribution in [0.3, 0.4) is 0 Å². The van der Waals surface area contributed by atoms with Gasteiger partial charge in [0, 0.05) is 6.92 Å². The summed E-state index contributed by atoms with van der Waals surface area (Å²) in [6.07, 6.45) is -6.66. The van der Waals surface area contributed by atoms with Gasteiger partial charge in [-0.25, -0.2) is 9.48 Å². The van der Waals surface area contributed by atoms with Crippen molar-refractivity contribution in [3.05, 3.63) is 47.3 Å². The van der Waals surface area contributed by atoms with Gasteiger partial charge in [-0.3, -0.25) is 4.79 Å². The highest BCUT2D eigenvalue weighted by Gasteiger charge is 2.75. The summed E-state index contributed by atoms with van der Waals surface area (Å²) in [7, 11) is 0. The molecular formula is C17H13F7N2O3. The minimum Gasteiger partial charge on any atom is -0.462 e. The summed E-state index contributed by atoms with van der Waals surface area (Å²) in [4.78, 5) is 24.0. The van der Waals surface area contributed by atoms with Crippen LogP contribution in [0.15, 0.2) is 30.3 Å². The number of hydrogen-bond acceptors (Lipinski definition) is 4. The molecule has 0 aliphatic rings. The predicted octanol–water partition coefficient (Wildman–Crippen LogP) is 4.54. The maximum Gasteiger partial charge on any atom is 0.460 e. The first-order valence-electron chi connectivity index (χ1n) is 7.96. The molecule has 2 aromatic rings. The molecule has 0 fully saturated rings. The van der Waals surface area contributed by atoms with E-state index in [1.165, 1.54) is 25.1 Å². The molecule has 1 heterocycles. The van der Waals surface area contributed by atoms with Gasteiger partial charge in [0.2, 0.25) is 0 Å². The maximum absolute atomic E-state index is 14.7. The number of ketones is 1. The third-order valence-electron chi connectivity index (χ3n) is 3.75. The zero-order valence-electron chi connectivity index (χ0n) is 14.9. The van der Waals surface area contributed by atoms with E-state index in [0.717, 1.165) is 19.1 Å². The Morgan fingerprint density at radius 3 is 2.03 bits per heavy atom. The molecule has 0 atom stereocenters. The molecule has 0 bridgehead atoms. The Labute approximate surface area is 159 Å². The molecule has 0 aliphatic carbocycles. The molecule has 0 amide bonds. The van der Waals surface area contributed by atoms with Gasteiger partial charge in [0.15, 0.2) is 5.78 Å². The number of carbonyl (C=O) groups excluding carboxylic acids is 2. The first-order chi connectivity index (χ1) is 13.3. The van der Waals surface area contributed by atoms with Crippen LogP contribution in [-0.4, -0.2) is 40.2 Å². The maximum atomic E-state index is 14.7. The van der Waals surface area contributed by atoms with Gasteiger partial charge in [-0.05, 0) is 19.1 Å². The van der Waals surface area contributed by atoms with Crippen LogP contribution in [0.4, 0.5) is 30.7 Å². The lowest BCUT2D eigenvalue weighted by molar-refractivity contribution is -0.360. The molecule has 0 aliphatic heterocycles. The van der Waals surface area contributed by atoms with Crippen LogP contribution in [0, 0.1) is 0 Å². The van der Waals surface area contributed by atoms with Gasteiger partial charge in [-0.15, -0.1) is 0 Å². The van der Waals surface area contributed by atoms with E-state index < -0.39 is 53.3 Å². The number of esters is 1. The van der Waals surface area contributed by atoms with Crippen LogP contribution in [0.2, 0.25) is 0 Å². The summed E-state index contributed by atoms with van der Waals surface area (Å²) in [6, 6.07) is 6.07. The van der Waals surface area contributed by atoms with E-state index in [4.69, 9.17) is 0 Å². The van der Waals surface area contributed by atoms with Crippen LogP contribution in [-0.2, 0) is 10.7 Å². The zero-order valence-corrected chi connectivity index (χ0v) is 14.9. The van der Waals surface area contributed by atoms with Gasteiger partial charge >= 0.3 is 24.0 Å². The lowest BCUT2D eigenvalue weighted by Gasteiger charge is -2.29. The number of benzene rings is 1. The quantitative estimate of drug-likeness (QED) is 0.387. The fourth-order valence-electron chi connectivity index (χ4n) is 2.43. The van der Waals surface area contributed by atoms with Crippen LogP contribution in [0.1, 0.15) is 40.4 Å². The number of para-hydroxylation sites is 1. The lowest BCUT2D eigenvalue weighted by atomic mass is 10.0. The number of nitrogens with zero attached hydrogens (tertiary/aromatic N) is 2. The molecule has 2 rings (SSSR count). The Morgan fingerprint density at radius 1 is 1.03 bits per heavy atom. The van der Waals surface area contributed by atoms with Crippen molar-refractivity contribution in [3.63, 3.8) is 0 Å². The molecule has 29 heavy (non-hydrogen) atoms.